The van der Waals surface area contributed by atoms with Crippen molar-refractivity contribution in [2.45, 2.75) is 5.51 Å². The maximum absolute atomic E-state index is 10.7. The minimum Gasteiger partial charge on any atom is -0.741 e. The average Bonchev–Trinajstić information content (AvgIpc) is 2.34. The molecule has 5 nitrogen and oxygen atoms in total. The van der Waals surface area contributed by atoms with E-state index >= 15 is 0 Å². The first-order valence-corrected chi connectivity index (χ1v) is 5.72. The molecular formula is C6H10ClF3N2O3S. The van der Waals surface area contributed by atoms with Gasteiger partial charge in [-0.1, -0.05) is 0 Å². The predicted octanol–water partition coefficient (Wildman–Crippen LogP) is 0.220. The van der Waals surface area contributed by atoms with Crippen molar-refractivity contribution in [1.29, 1.82) is 0 Å². The quantitative estimate of drug-likeness (QED) is 0.276. The lowest BCUT2D eigenvalue weighted by Gasteiger charge is -2.08. The molecule has 16 heavy (non-hydrogen) atoms. The molecule has 0 saturated carbocycles. The standard InChI is InChI=1S/C5H10ClN2.CHF3O3S/c1-7-3-4-8(2)5(7)6;2-1(3,4)8(5,6)7/h3-4H2,1-2H3;(H,5,6,7)/q+1;/p-1. The van der Waals surface area contributed by atoms with Gasteiger partial charge in [0, 0.05) is 11.6 Å². The molecule has 0 fully saturated rings. The molecule has 10 heteroatoms. The first-order valence-electron chi connectivity index (χ1n) is 3.93. The molecule has 0 saturated heterocycles. The Morgan fingerprint density at radius 1 is 1.50 bits per heavy atom. The lowest BCUT2D eigenvalue weighted by Crippen LogP contribution is -2.21. The summed E-state index contributed by atoms with van der Waals surface area (Å²) in [5.41, 5.74) is -5.65. The van der Waals surface area contributed by atoms with Crippen molar-refractivity contribution in [3.05, 3.63) is 0 Å². The lowest BCUT2D eigenvalue weighted by molar-refractivity contribution is -0.484. The topological polar surface area (TPSA) is 63.5 Å². The van der Waals surface area contributed by atoms with Crippen LogP contribution in [0.4, 0.5) is 13.2 Å². The van der Waals surface area contributed by atoms with E-state index in [0.717, 1.165) is 18.4 Å². The molecule has 0 spiro atoms. The van der Waals surface area contributed by atoms with E-state index < -0.39 is 15.6 Å². The number of halogens is 4. The van der Waals surface area contributed by atoms with Gasteiger partial charge in [0.15, 0.2) is 10.1 Å². The number of alkyl halides is 3. The molecule has 0 N–H and O–H groups in total. The zero-order valence-electron chi connectivity index (χ0n) is 8.45. The van der Waals surface area contributed by atoms with Crippen LogP contribution in [0.25, 0.3) is 0 Å². The number of rotatable bonds is 0. The highest BCUT2D eigenvalue weighted by Crippen LogP contribution is 2.20. The Bertz CT molecular complexity index is 379. The minimum absolute atomic E-state index is 0.852. The molecular weight excluding hydrogens is 273 g/mol. The van der Waals surface area contributed by atoms with Crippen LogP contribution in [0.1, 0.15) is 0 Å². The maximum atomic E-state index is 10.7. The second kappa shape index (κ2) is 5.19. The van der Waals surface area contributed by atoms with E-state index in [9.17, 15) is 13.2 Å². The Kier molecular flexibility index (Phi) is 5.02. The van der Waals surface area contributed by atoms with Gasteiger partial charge in [-0.25, -0.2) is 8.42 Å². The Morgan fingerprint density at radius 2 is 1.88 bits per heavy atom. The molecule has 96 valence electrons. The molecule has 1 aliphatic rings. The van der Waals surface area contributed by atoms with Crippen molar-refractivity contribution in [3.8, 4) is 0 Å². The van der Waals surface area contributed by atoms with Crippen molar-refractivity contribution >= 4 is 27.0 Å². The highest BCUT2D eigenvalue weighted by molar-refractivity contribution is 7.86. The fraction of sp³-hybridized carbons (Fsp3) is 0.833. The van der Waals surface area contributed by atoms with Gasteiger partial charge in [0.25, 0.3) is 0 Å². The van der Waals surface area contributed by atoms with Crippen molar-refractivity contribution < 1.29 is 30.7 Å². The van der Waals surface area contributed by atoms with Crippen molar-refractivity contribution in [3.63, 3.8) is 0 Å². The van der Waals surface area contributed by atoms with Gasteiger partial charge in [-0.3, -0.25) is 9.48 Å². The average molecular weight is 283 g/mol. The van der Waals surface area contributed by atoms with Gasteiger partial charge >= 0.3 is 10.8 Å². The van der Waals surface area contributed by atoms with Gasteiger partial charge in [-0.05, 0) is 0 Å². The molecule has 0 radical (unpaired) electrons. The fourth-order valence-corrected chi connectivity index (χ4v) is 0.945. The summed E-state index contributed by atoms with van der Waals surface area (Å²) in [6, 6.07) is 0. The van der Waals surface area contributed by atoms with Crippen LogP contribution in [0.15, 0.2) is 0 Å². The Balaban J connectivity index is 0.000000281. The third-order valence-electron chi connectivity index (χ3n) is 1.68. The zero-order chi connectivity index (χ0) is 13.1. The maximum Gasteiger partial charge on any atom is 0.485 e. The number of nitrogens with zero attached hydrogens (tertiary/aromatic N) is 2. The van der Waals surface area contributed by atoms with Crippen LogP contribution in [0.3, 0.4) is 0 Å². The molecule has 0 aromatic carbocycles. The molecule has 0 aliphatic carbocycles. The molecule has 0 atom stereocenters. The normalized spacial score (nSPS) is 17.3. The predicted molar refractivity (Wildman–Crippen MR) is 50.3 cm³/mol. The molecule has 0 aromatic rings. The van der Waals surface area contributed by atoms with E-state index in [1.54, 1.807) is 0 Å². The summed E-state index contributed by atoms with van der Waals surface area (Å²) >= 11 is 5.78. The van der Waals surface area contributed by atoms with Crippen LogP contribution in [0.5, 0.6) is 0 Å². The van der Waals surface area contributed by atoms with Crippen LogP contribution in [-0.2, 0) is 10.1 Å². The zero-order valence-corrected chi connectivity index (χ0v) is 10.0. The summed E-state index contributed by atoms with van der Waals surface area (Å²) in [5, 5.41) is 0.852. The Labute approximate surface area is 95.9 Å². The summed E-state index contributed by atoms with van der Waals surface area (Å²) in [5.74, 6) is 0. The first-order chi connectivity index (χ1) is 6.97. The van der Waals surface area contributed by atoms with E-state index in [2.05, 4.69) is 0 Å². The summed E-state index contributed by atoms with van der Waals surface area (Å²) in [4.78, 5) is 2.03. The first kappa shape index (κ1) is 15.5. The van der Waals surface area contributed by atoms with E-state index in [0.29, 0.717) is 0 Å². The lowest BCUT2D eigenvalue weighted by atomic mass is 10.6. The third kappa shape index (κ3) is 4.54. The van der Waals surface area contributed by atoms with E-state index in [4.69, 9.17) is 24.6 Å². The largest absolute Gasteiger partial charge is 0.741 e. The van der Waals surface area contributed by atoms with Gasteiger partial charge in [0.05, 0.1) is 14.1 Å². The van der Waals surface area contributed by atoms with Gasteiger partial charge in [-0.2, -0.15) is 13.2 Å². The fourth-order valence-electron chi connectivity index (χ4n) is 0.776. The van der Waals surface area contributed by atoms with Crippen molar-refractivity contribution in [1.82, 2.24) is 4.90 Å². The second-order valence-corrected chi connectivity index (χ2v) is 4.72. The van der Waals surface area contributed by atoms with Crippen LogP contribution in [-0.4, -0.2) is 60.4 Å². The summed E-state index contributed by atoms with van der Waals surface area (Å²) in [7, 11) is -2.11. The summed E-state index contributed by atoms with van der Waals surface area (Å²) in [6.45, 7) is 2.10. The molecule has 1 heterocycles. The van der Waals surface area contributed by atoms with Gasteiger partial charge in [-0.15, -0.1) is 0 Å². The van der Waals surface area contributed by atoms with Crippen molar-refractivity contribution in [2.24, 2.45) is 0 Å². The molecule has 0 aromatic heterocycles. The Hall–Kier alpha value is -0.540. The number of amidine groups is 1. The van der Waals surface area contributed by atoms with Gasteiger partial charge < -0.3 is 4.55 Å². The highest BCUT2D eigenvalue weighted by atomic mass is 35.5. The molecule has 0 bridgehead atoms. The minimum atomic E-state index is -6.09. The second-order valence-electron chi connectivity index (χ2n) is 3.01. The van der Waals surface area contributed by atoms with Gasteiger partial charge in [0.2, 0.25) is 0 Å². The SMILES string of the molecule is CN1CC[N+](C)=C1Cl.O=S(=O)([O-])C(F)(F)F. The smallest absolute Gasteiger partial charge is 0.485 e. The van der Waals surface area contributed by atoms with Crippen LogP contribution < -0.4 is 0 Å². The third-order valence-corrected chi connectivity index (χ3v) is 2.83. The van der Waals surface area contributed by atoms with E-state index in [1.807, 2.05) is 23.6 Å². The summed E-state index contributed by atoms with van der Waals surface area (Å²) in [6.07, 6.45) is 0. The number of hydrogen-bond donors (Lipinski definition) is 0. The van der Waals surface area contributed by atoms with Crippen molar-refractivity contribution in [2.75, 3.05) is 27.2 Å². The number of likely N-dealkylation sites (N-methyl/N-ethyl adjacent to an activating group) is 2. The van der Waals surface area contributed by atoms with Gasteiger partial charge in [0.1, 0.15) is 13.1 Å². The monoisotopic (exact) mass is 282 g/mol. The molecule has 0 unspecified atom stereocenters. The highest BCUT2D eigenvalue weighted by Gasteiger charge is 2.36. The Morgan fingerprint density at radius 3 is 1.94 bits per heavy atom. The van der Waals surface area contributed by atoms with Crippen LogP contribution >= 0.6 is 11.6 Å². The van der Waals surface area contributed by atoms with E-state index in [1.165, 1.54) is 0 Å². The van der Waals surface area contributed by atoms with E-state index in [-0.39, 0.29) is 0 Å². The molecule has 1 rings (SSSR count). The van der Waals surface area contributed by atoms with Crippen LogP contribution in [0, 0.1) is 0 Å². The van der Waals surface area contributed by atoms with Crippen LogP contribution in [0.2, 0.25) is 0 Å². The number of hydrogen-bond acceptors (Lipinski definition) is 4. The molecule has 0 amide bonds. The molecule has 1 aliphatic heterocycles. The summed E-state index contributed by atoms with van der Waals surface area (Å²) < 4.78 is 60.9.